The van der Waals surface area contributed by atoms with Crippen molar-refractivity contribution in [1.29, 1.82) is 0 Å². The lowest BCUT2D eigenvalue weighted by Crippen LogP contribution is -2.31. The lowest BCUT2D eigenvalue weighted by Gasteiger charge is -2.11. The molecule has 2 aromatic rings. The molecule has 1 aliphatic heterocycles. The van der Waals surface area contributed by atoms with E-state index in [0.29, 0.717) is 16.5 Å². The topological polar surface area (TPSA) is 46.6 Å². The van der Waals surface area contributed by atoms with Crippen molar-refractivity contribution in [2.75, 3.05) is 20.3 Å². The Morgan fingerprint density at radius 3 is 2.62 bits per heavy atom. The first kappa shape index (κ1) is 19.0. The number of carbonyl (C=O) groups excluding carboxylic acids is 2. The summed E-state index contributed by atoms with van der Waals surface area (Å²) in [7, 11) is 1.54. The van der Waals surface area contributed by atoms with Gasteiger partial charge < -0.3 is 4.74 Å². The zero-order valence-corrected chi connectivity index (χ0v) is 16.4. The molecule has 0 unspecified atom stereocenters. The number of carbonyl (C=O) groups is 2. The van der Waals surface area contributed by atoms with E-state index in [9.17, 15) is 9.59 Å². The fraction of sp³-hybridized carbons (Fsp3) is 0.158. The highest BCUT2D eigenvalue weighted by molar-refractivity contribution is 8.18. The molecule has 0 bridgehead atoms. The van der Waals surface area contributed by atoms with Crippen LogP contribution in [0.15, 0.2) is 63.2 Å². The van der Waals surface area contributed by atoms with E-state index in [4.69, 9.17) is 16.3 Å². The number of imide groups is 1. The third-order valence-corrected chi connectivity index (χ3v) is 5.90. The van der Waals surface area contributed by atoms with Gasteiger partial charge in [-0.15, -0.1) is 0 Å². The van der Waals surface area contributed by atoms with Crippen molar-refractivity contribution >= 4 is 52.3 Å². The molecule has 0 aliphatic carbocycles. The van der Waals surface area contributed by atoms with Crippen molar-refractivity contribution in [2.45, 2.75) is 9.79 Å². The Morgan fingerprint density at radius 2 is 1.88 bits per heavy atom. The number of thioether (sulfide) groups is 1. The molecule has 1 heterocycles. The van der Waals surface area contributed by atoms with Crippen LogP contribution < -0.4 is 0 Å². The van der Waals surface area contributed by atoms with Crippen LogP contribution in [0.4, 0.5) is 4.79 Å². The molecule has 0 radical (unpaired) electrons. The van der Waals surface area contributed by atoms with Gasteiger partial charge in [-0.2, -0.15) is 0 Å². The van der Waals surface area contributed by atoms with Gasteiger partial charge in [0, 0.05) is 21.9 Å². The average Bonchev–Trinajstić information content (AvgIpc) is 2.90. The second kappa shape index (κ2) is 8.77. The fourth-order valence-electron chi connectivity index (χ4n) is 2.34. The zero-order chi connectivity index (χ0) is 18.5. The van der Waals surface area contributed by atoms with Crippen molar-refractivity contribution < 1.29 is 14.3 Å². The summed E-state index contributed by atoms with van der Waals surface area (Å²) in [6.07, 6.45) is 1.77. The van der Waals surface area contributed by atoms with Crippen LogP contribution in [0.2, 0.25) is 5.02 Å². The Bertz CT molecular complexity index is 852. The summed E-state index contributed by atoms with van der Waals surface area (Å²) in [4.78, 5) is 28.2. The third kappa shape index (κ3) is 4.51. The minimum absolute atomic E-state index is 0.263. The number of benzene rings is 2. The van der Waals surface area contributed by atoms with E-state index in [1.54, 1.807) is 24.9 Å². The molecule has 1 aliphatic rings. The fourth-order valence-corrected chi connectivity index (χ4v) is 4.24. The van der Waals surface area contributed by atoms with Gasteiger partial charge in [0.05, 0.1) is 18.1 Å². The van der Waals surface area contributed by atoms with Gasteiger partial charge in [-0.05, 0) is 53.7 Å². The molecule has 7 heteroatoms. The number of methoxy groups -OCH3 is 1. The van der Waals surface area contributed by atoms with Crippen LogP contribution in [0.3, 0.4) is 0 Å². The van der Waals surface area contributed by atoms with E-state index in [0.717, 1.165) is 27.1 Å². The van der Waals surface area contributed by atoms with Crippen molar-refractivity contribution in [3.63, 3.8) is 0 Å². The number of halogens is 1. The number of rotatable bonds is 6. The maximum atomic E-state index is 12.5. The molecule has 2 aromatic carbocycles. The van der Waals surface area contributed by atoms with Gasteiger partial charge in [-0.25, -0.2) is 0 Å². The molecule has 1 saturated heterocycles. The number of hydrogen-bond donors (Lipinski definition) is 0. The molecule has 0 spiro atoms. The van der Waals surface area contributed by atoms with Gasteiger partial charge in [-0.3, -0.25) is 14.5 Å². The van der Waals surface area contributed by atoms with Crippen LogP contribution in [0.1, 0.15) is 5.56 Å². The van der Waals surface area contributed by atoms with E-state index >= 15 is 0 Å². The van der Waals surface area contributed by atoms with Crippen molar-refractivity contribution in [2.24, 2.45) is 0 Å². The number of hydrogen-bond acceptors (Lipinski definition) is 5. The second-order valence-corrected chi connectivity index (χ2v) is 7.96. The first-order valence-electron chi connectivity index (χ1n) is 7.85. The normalized spacial score (nSPS) is 15.9. The minimum Gasteiger partial charge on any atom is -0.383 e. The van der Waals surface area contributed by atoms with Crippen LogP contribution >= 0.6 is 35.1 Å². The molecule has 3 rings (SSSR count). The largest absolute Gasteiger partial charge is 0.383 e. The quantitative estimate of drug-likeness (QED) is 0.620. The van der Waals surface area contributed by atoms with Gasteiger partial charge in [0.2, 0.25) is 0 Å². The van der Waals surface area contributed by atoms with Crippen LogP contribution in [0.25, 0.3) is 6.08 Å². The highest BCUT2D eigenvalue weighted by atomic mass is 35.5. The monoisotopic (exact) mass is 405 g/mol. The average molecular weight is 406 g/mol. The predicted molar refractivity (Wildman–Crippen MR) is 107 cm³/mol. The Balaban J connectivity index is 1.84. The lowest BCUT2D eigenvalue weighted by atomic mass is 10.2. The van der Waals surface area contributed by atoms with Gasteiger partial charge >= 0.3 is 0 Å². The molecule has 2 amide bonds. The smallest absolute Gasteiger partial charge is 0.293 e. The summed E-state index contributed by atoms with van der Waals surface area (Å²) in [5.74, 6) is -0.275. The maximum Gasteiger partial charge on any atom is 0.293 e. The first-order valence-corrected chi connectivity index (χ1v) is 9.86. The highest BCUT2D eigenvalue weighted by Crippen LogP contribution is 2.36. The molecule has 0 N–H and O–H groups in total. The van der Waals surface area contributed by atoms with Gasteiger partial charge in [0.15, 0.2) is 0 Å². The predicted octanol–water partition coefficient (Wildman–Crippen LogP) is 5.17. The Kier molecular flexibility index (Phi) is 6.43. The summed E-state index contributed by atoms with van der Waals surface area (Å²) in [6, 6.07) is 15.3. The van der Waals surface area contributed by atoms with Gasteiger partial charge in [-0.1, -0.05) is 41.6 Å². The molecule has 4 nitrogen and oxygen atoms in total. The highest BCUT2D eigenvalue weighted by Gasteiger charge is 2.34. The molecule has 0 atom stereocenters. The van der Waals surface area contributed by atoms with Gasteiger partial charge in [0.1, 0.15) is 0 Å². The summed E-state index contributed by atoms with van der Waals surface area (Å²) in [6.45, 7) is 0.591. The van der Waals surface area contributed by atoms with Crippen LogP contribution in [-0.2, 0) is 9.53 Å². The van der Waals surface area contributed by atoms with Crippen LogP contribution in [0, 0.1) is 0 Å². The SMILES string of the molecule is COCCN1C(=O)S/C(=C\c2ccccc2Sc2ccc(Cl)cc2)C1=O. The third-order valence-electron chi connectivity index (χ3n) is 3.64. The minimum atomic E-state index is -0.275. The lowest BCUT2D eigenvalue weighted by molar-refractivity contribution is -0.123. The van der Waals surface area contributed by atoms with Crippen molar-refractivity contribution in [3.05, 3.63) is 64.0 Å². The Labute approximate surface area is 165 Å². The Morgan fingerprint density at radius 1 is 1.15 bits per heavy atom. The van der Waals surface area contributed by atoms with E-state index < -0.39 is 0 Å². The van der Waals surface area contributed by atoms with Crippen LogP contribution in [0.5, 0.6) is 0 Å². The number of amides is 2. The molecule has 134 valence electrons. The van der Waals surface area contributed by atoms with E-state index in [2.05, 4.69) is 0 Å². The number of ether oxygens (including phenoxy) is 1. The summed E-state index contributed by atoms with van der Waals surface area (Å²) >= 11 is 8.48. The van der Waals surface area contributed by atoms with Crippen molar-refractivity contribution in [3.8, 4) is 0 Å². The van der Waals surface area contributed by atoms with E-state index in [1.807, 2.05) is 48.5 Å². The summed E-state index contributed by atoms with van der Waals surface area (Å²) in [5.41, 5.74) is 0.893. The molecular formula is C19H16ClNO3S2. The van der Waals surface area contributed by atoms with Crippen LogP contribution in [-0.4, -0.2) is 36.3 Å². The molecular weight excluding hydrogens is 390 g/mol. The standard InChI is InChI=1S/C19H16ClNO3S2/c1-24-11-10-21-18(22)17(26-19(21)23)12-13-4-2-3-5-16(13)25-15-8-6-14(20)7-9-15/h2-9,12H,10-11H2,1H3/b17-12-. The number of nitrogens with zero attached hydrogens (tertiary/aromatic N) is 1. The summed E-state index contributed by atoms with van der Waals surface area (Å²) in [5, 5.41) is 0.425. The molecule has 0 aromatic heterocycles. The molecule has 1 fully saturated rings. The maximum absolute atomic E-state index is 12.5. The van der Waals surface area contributed by atoms with E-state index in [-0.39, 0.29) is 17.7 Å². The summed E-state index contributed by atoms with van der Waals surface area (Å²) < 4.78 is 4.96. The second-order valence-electron chi connectivity index (χ2n) is 5.42. The van der Waals surface area contributed by atoms with Crippen molar-refractivity contribution in [1.82, 2.24) is 4.90 Å². The zero-order valence-electron chi connectivity index (χ0n) is 14.0. The first-order chi connectivity index (χ1) is 12.6. The van der Waals surface area contributed by atoms with E-state index in [1.165, 1.54) is 4.90 Å². The molecule has 26 heavy (non-hydrogen) atoms. The Hall–Kier alpha value is -1.73. The molecule has 0 saturated carbocycles. The van der Waals surface area contributed by atoms with Gasteiger partial charge in [0.25, 0.3) is 11.1 Å².